The second kappa shape index (κ2) is 8.40. The summed E-state index contributed by atoms with van der Waals surface area (Å²) in [6.07, 6.45) is -0.296. The van der Waals surface area contributed by atoms with Gasteiger partial charge in [-0.25, -0.2) is 9.59 Å². The lowest BCUT2D eigenvalue weighted by Crippen LogP contribution is -2.47. The largest absolute Gasteiger partial charge is 0.454 e. The van der Waals surface area contributed by atoms with Gasteiger partial charge in [0.15, 0.2) is 6.61 Å². The molecule has 1 aliphatic heterocycles. The number of carbonyl (C=O) groups is 5. The second-order valence-corrected chi connectivity index (χ2v) is 6.33. The molecule has 0 aromatic heterocycles. The van der Waals surface area contributed by atoms with Gasteiger partial charge in [0.1, 0.15) is 12.6 Å². The molecule has 0 aromatic carbocycles. The van der Waals surface area contributed by atoms with Crippen molar-refractivity contribution in [1.82, 2.24) is 15.5 Å². The molecule has 1 aliphatic carbocycles. The average molecular weight is 405 g/mol. The Labute approximate surface area is 157 Å². The number of esters is 1. The molecule has 12 heteroatoms. The van der Waals surface area contributed by atoms with Crippen molar-refractivity contribution in [1.29, 1.82) is 0 Å². The van der Waals surface area contributed by atoms with E-state index in [1.807, 2.05) is 0 Å². The highest BCUT2D eigenvalue weighted by Gasteiger charge is 2.50. The van der Waals surface area contributed by atoms with Crippen LogP contribution >= 0.6 is 0 Å². The van der Waals surface area contributed by atoms with E-state index in [0.29, 0.717) is 12.8 Å². The van der Waals surface area contributed by atoms with Crippen LogP contribution in [0, 0.1) is 11.8 Å². The predicted molar refractivity (Wildman–Crippen MR) is 85.2 cm³/mol. The molecule has 5 amide bonds. The third kappa shape index (κ3) is 5.08. The molecule has 0 spiro atoms. The topological polar surface area (TPSA) is 122 Å². The van der Waals surface area contributed by atoms with E-state index in [4.69, 9.17) is 0 Å². The molecule has 28 heavy (non-hydrogen) atoms. The molecule has 1 fully saturated rings. The van der Waals surface area contributed by atoms with Crippen molar-refractivity contribution < 1.29 is 41.9 Å². The van der Waals surface area contributed by atoms with E-state index in [-0.39, 0.29) is 0 Å². The quantitative estimate of drug-likeness (QED) is 0.384. The van der Waals surface area contributed by atoms with Crippen molar-refractivity contribution in [2.24, 2.45) is 11.8 Å². The van der Waals surface area contributed by atoms with Gasteiger partial charge < -0.3 is 10.1 Å². The Kier molecular flexibility index (Phi) is 6.41. The van der Waals surface area contributed by atoms with Gasteiger partial charge in [-0.15, -0.1) is 0 Å². The molecule has 0 unspecified atom stereocenters. The third-order valence-electron chi connectivity index (χ3n) is 4.32. The first-order valence-corrected chi connectivity index (χ1v) is 8.34. The van der Waals surface area contributed by atoms with Crippen LogP contribution in [0.25, 0.3) is 0 Å². The number of urea groups is 1. The standard InChI is InChI=1S/C16H18F3N3O6/c1-8(22-12(24)9-4-2-3-5-10(9)13(22)25)14(26)28-6-11(23)21-15(27)20-7-16(17,18)19/h2-3,8-10H,4-7H2,1H3,(H2,20,21,23,27)/t8-,9-,10-/m0/s1. The number of nitrogens with one attached hydrogen (secondary N) is 2. The number of amides is 5. The van der Waals surface area contributed by atoms with Crippen molar-refractivity contribution in [2.75, 3.05) is 13.2 Å². The SMILES string of the molecule is C[C@@H](C(=O)OCC(=O)NC(=O)NCC(F)(F)F)N1C(=O)[C@H]2CC=CC[C@@H]2C1=O. The summed E-state index contributed by atoms with van der Waals surface area (Å²) in [4.78, 5) is 60.2. The Hall–Kier alpha value is -2.92. The molecule has 1 saturated heterocycles. The van der Waals surface area contributed by atoms with Crippen molar-refractivity contribution >= 4 is 29.7 Å². The molecular formula is C16H18F3N3O6. The minimum Gasteiger partial charge on any atom is -0.454 e. The zero-order valence-electron chi connectivity index (χ0n) is 14.7. The Bertz CT molecular complexity index is 695. The van der Waals surface area contributed by atoms with E-state index >= 15 is 0 Å². The molecule has 0 radical (unpaired) electrons. The predicted octanol–water partition coefficient (Wildman–Crippen LogP) is 0.257. The van der Waals surface area contributed by atoms with E-state index in [9.17, 15) is 37.1 Å². The number of fused-ring (bicyclic) bond motifs is 1. The Morgan fingerprint density at radius 1 is 1.18 bits per heavy atom. The molecule has 2 aliphatic rings. The zero-order chi connectivity index (χ0) is 21.1. The lowest BCUT2D eigenvalue weighted by molar-refractivity contribution is -0.159. The summed E-state index contributed by atoms with van der Waals surface area (Å²) in [5.74, 6) is -4.29. The normalized spacial score (nSPS) is 22.5. The van der Waals surface area contributed by atoms with Crippen molar-refractivity contribution in [3.8, 4) is 0 Å². The minimum absolute atomic E-state index is 0.392. The van der Waals surface area contributed by atoms with Gasteiger partial charge in [0.25, 0.3) is 5.91 Å². The Morgan fingerprint density at radius 2 is 1.71 bits per heavy atom. The number of allylic oxidation sites excluding steroid dienone is 2. The number of carbonyl (C=O) groups excluding carboxylic acids is 5. The molecule has 0 saturated carbocycles. The number of halogens is 3. The van der Waals surface area contributed by atoms with Crippen LogP contribution < -0.4 is 10.6 Å². The Balaban J connectivity index is 1.82. The highest BCUT2D eigenvalue weighted by molar-refractivity contribution is 6.08. The number of hydrogen-bond donors (Lipinski definition) is 2. The average Bonchev–Trinajstić information content (AvgIpc) is 2.88. The number of imide groups is 2. The van der Waals surface area contributed by atoms with Gasteiger partial charge in [-0.05, 0) is 19.8 Å². The van der Waals surface area contributed by atoms with E-state index in [2.05, 4.69) is 4.74 Å². The molecule has 1 heterocycles. The maximum absolute atomic E-state index is 12.4. The van der Waals surface area contributed by atoms with Crippen LogP contribution in [0.4, 0.5) is 18.0 Å². The fourth-order valence-electron chi connectivity index (χ4n) is 2.96. The summed E-state index contributed by atoms with van der Waals surface area (Å²) >= 11 is 0. The van der Waals surface area contributed by atoms with Crippen molar-refractivity contribution in [3.63, 3.8) is 0 Å². The van der Waals surface area contributed by atoms with Crippen LogP contribution in [-0.2, 0) is 23.9 Å². The first kappa shape index (κ1) is 21.4. The van der Waals surface area contributed by atoms with E-state index in [1.54, 1.807) is 17.5 Å². The van der Waals surface area contributed by atoms with Gasteiger partial charge in [0.05, 0.1) is 11.8 Å². The van der Waals surface area contributed by atoms with Gasteiger partial charge >= 0.3 is 18.2 Å². The van der Waals surface area contributed by atoms with Gasteiger partial charge in [-0.1, -0.05) is 12.2 Å². The van der Waals surface area contributed by atoms with Crippen LogP contribution in [0.1, 0.15) is 19.8 Å². The smallest absolute Gasteiger partial charge is 0.405 e. The number of nitrogens with zero attached hydrogens (tertiary/aromatic N) is 1. The lowest BCUT2D eigenvalue weighted by atomic mass is 9.85. The van der Waals surface area contributed by atoms with Gasteiger partial charge in [-0.2, -0.15) is 13.2 Å². The zero-order valence-corrected chi connectivity index (χ0v) is 14.7. The van der Waals surface area contributed by atoms with Crippen LogP contribution in [0.15, 0.2) is 12.2 Å². The molecule has 0 aromatic rings. The van der Waals surface area contributed by atoms with Crippen molar-refractivity contribution in [3.05, 3.63) is 12.2 Å². The summed E-state index contributed by atoms with van der Waals surface area (Å²) in [6, 6.07) is -2.69. The summed E-state index contributed by atoms with van der Waals surface area (Å²) in [5, 5.41) is 2.96. The summed E-state index contributed by atoms with van der Waals surface area (Å²) in [5.41, 5.74) is 0. The van der Waals surface area contributed by atoms with E-state index in [0.717, 1.165) is 4.90 Å². The molecule has 0 bridgehead atoms. The van der Waals surface area contributed by atoms with E-state index < -0.39 is 66.9 Å². The molecule has 2 N–H and O–H groups in total. The molecular weight excluding hydrogens is 387 g/mol. The number of likely N-dealkylation sites (tertiary alicyclic amines) is 1. The number of rotatable bonds is 5. The van der Waals surface area contributed by atoms with Gasteiger partial charge in [0, 0.05) is 0 Å². The van der Waals surface area contributed by atoms with Crippen LogP contribution in [0.3, 0.4) is 0 Å². The minimum atomic E-state index is -4.65. The summed E-state index contributed by atoms with van der Waals surface area (Å²) < 4.78 is 40.5. The number of alkyl halides is 3. The maximum atomic E-state index is 12.4. The molecule has 9 nitrogen and oxygen atoms in total. The third-order valence-corrected chi connectivity index (χ3v) is 4.32. The fraction of sp³-hybridized carbons (Fsp3) is 0.562. The lowest BCUT2D eigenvalue weighted by Gasteiger charge is -2.21. The monoisotopic (exact) mass is 405 g/mol. The van der Waals surface area contributed by atoms with Crippen LogP contribution in [0.2, 0.25) is 0 Å². The van der Waals surface area contributed by atoms with Gasteiger partial charge in [0.2, 0.25) is 11.8 Å². The van der Waals surface area contributed by atoms with Crippen LogP contribution in [-0.4, -0.2) is 60.0 Å². The first-order valence-electron chi connectivity index (χ1n) is 8.34. The fourth-order valence-corrected chi connectivity index (χ4v) is 2.96. The molecule has 154 valence electrons. The van der Waals surface area contributed by atoms with Crippen molar-refractivity contribution in [2.45, 2.75) is 32.0 Å². The maximum Gasteiger partial charge on any atom is 0.405 e. The first-order chi connectivity index (χ1) is 13.0. The summed E-state index contributed by atoms with van der Waals surface area (Å²) in [7, 11) is 0. The highest BCUT2D eigenvalue weighted by atomic mass is 19.4. The van der Waals surface area contributed by atoms with E-state index in [1.165, 1.54) is 12.2 Å². The van der Waals surface area contributed by atoms with Crippen LogP contribution in [0.5, 0.6) is 0 Å². The molecule has 3 atom stereocenters. The summed E-state index contributed by atoms with van der Waals surface area (Å²) in [6.45, 7) is -1.34. The highest BCUT2D eigenvalue weighted by Crippen LogP contribution is 2.36. The second-order valence-electron chi connectivity index (χ2n) is 6.33. The number of ether oxygens (including phenoxy) is 1. The Morgan fingerprint density at radius 3 is 2.21 bits per heavy atom. The number of hydrogen-bond acceptors (Lipinski definition) is 6. The molecule has 2 rings (SSSR count). The van der Waals surface area contributed by atoms with Gasteiger partial charge in [-0.3, -0.25) is 24.6 Å².